The first kappa shape index (κ1) is 18.7. The molecule has 27 heavy (non-hydrogen) atoms. The predicted molar refractivity (Wildman–Crippen MR) is 104 cm³/mol. The van der Waals surface area contributed by atoms with E-state index in [-0.39, 0.29) is 12.2 Å². The molecule has 0 aliphatic carbocycles. The Morgan fingerprint density at radius 2 is 1.85 bits per heavy atom. The molecule has 2 N–H and O–H groups in total. The van der Waals surface area contributed by atoms with E-state index in [0.717, 1.165) is 20.9 Å². The molecule has 3 rings (SSSR count). The Balaban J connectivity index is 1.85. The quantitative estimate of drug-likeness (QED) is 0.333. The van der Waals surface area contributed by atoms with E-state index in [2.05, 4.69) is 5.32 Å². The van der Waals surface area contributed by atoms with Gasteiger partial charge in [0, 0.05) is 40.2 Å². The Bertz CT molecular complexity index is 977. The van der Waals surface area contributed by atoms with Crippen LogP contribution in [0.15, 0.2) is 70.5 Å². The number of rotatable bonds is 6. The fraction of sp³-hybridized carbons (Fsp3) is 0.100. The summed E-state index contributed by atoms with van der Waals surface area (Å²) in [6, 6.07) is 16.7. The molecule has 0 aliphatic heterocycles. The predicted octanol–water partition coefficient (Wildman–Crippen LogP) is 5.51. The number of halogens is 1. The molecule has 0 unspecified atom stereocenters. The van der Waals surface area contributed by atoms with Crippen molar-refractivity contribution in [1.29, 1.82) is 0 Å². The number of hydrogen-bond donors (Lipinski definition) is 2. The monoisotopic (exact) mass is 384 g/mol. The van der Waals surface area contributed by atoms with Crippen LogP contribution in [0.3, 0.4) is 0 Å². The zero-order valence-electron chi connectivity index (χ0n) is 14.5. The highest BCUT2D eigenvalue weighted by Gasteiger charge is 2.12. The molecule has 0 aromatic heterocycles. The minimum absolute atomic E-state index is 0.00283. The molecule has 3 aromatic carbocycles. The minimum Gasteiger partial charge on any atom is -0.505 e. The lowest BCUT2D eigenvalue weighted by Gasteiger charge is -2.12. The number of aromatic hydroxyl groups is 1. The van der Waals surface area contributed by atoms with Crippen LogP contribution in [0.2, 0.25) is 0 Å². The molecule has 3 aromatic rings. The van der Waals surface area contributed by atoms with Crippen molar-refractivity contribution in [3.05, 3.63) is 87.7 Å². The van der Waals surface area contributed by atoms with E-state index < -0.39 is 16.5 Å². The van der Waals surface area contributed by atoms with Crippen molar-refractivity contribution in [2.75, 3.05) is 5.32 Å². The lowest BCUT2D eigenvalue weighted by molar-refractivity contribution is -0.385. The van der Waals surface area contributed by atoms with Crippen LogP contribution >= 0.6 is 11.8 Å². The number of hydrogen-bond acceptors (Lipinski definition) is 5. The summed E-state index contributed by atoms with van der Waals surface area (Å²) in [6.07, 6.45) is 0. The van der Waals surface area contributed by atoms with Crippen LogP contribution in [0.25, 0.3) is 0 Å². The number of phenols is 1. The average Bonchev–Trinajstić information content (AvgIpc) is 2.65. The van der Waals surface area contributed by atoms with Crippen LogP contribution in [-0.4, -0.2) is 10.0 Å². The molecule has 0 aliphatic rings. The molecule has 0 saturated carbocycles. The minimum atomic E-state index is -0.728. The Labute approximate surface area is 160 Å². The second-order valence-electron chi connectivity index (χ2n) is 5.98. The Hall–Kier alpha value is -3.06. The third-order valence-corrected chi connectivity index (χ3v) is 5.06. The molecule has 0 bridgehead atoms. The van der Waals surface area contributed by atoms with Gasteiger partial charge in [0.05, 0.1) is 4.92 Å². The zero-order valence-corrected chi connectivity index (χ0v) is 15.3. The number of anilines is 1. The maximum Gasteiger partial charge on any atom is 0.269 e. The lowest BCUT2D eigenvalue weighted by atomic mass is 10.2. The summed E-state index contributed by atoms with van der Waals surface area (Å²) >= 11 is 1.51. The van der Waals surface area contributed by atoms with Crippen molar-refractivity contribution >= 4 is 23.1 Å². The summed E-state index contributed by atoms with van der Waals surface area (Å²) in [6.45, 7) is 2.28. The van der Waals surface area contributed by atoms with Crippen molar-refractivity contribution in [2.24, 2.45) is 0 Å². The molecular weight excluding hydrogens is 367 g/mol. The first-order valence-electron chi connectivity index (χ1n) is 8.16. The van der Waals surface area contributed by atoms with Crippen molar-refractivity contribution in [2.45, 2.75) is 23.3 Å². The second-order valence-corrected chi connectivity index (χ2v) is 7.10. The molecule has 0 heterocycles. The van der Waals surface area contributed by atoms with Gasteiger partial charge in [-0.2, -0.15) is 0 Å². The standard InChI is InChI=1S/C20H17FN2O3S/c1-13-2-6-17(7-3-13)27-20-9-5-16(23(25)26)10-14(20)12-22-15-4-8-19(24)18(21)11-15/h2-11,22,24H,12H2,1H3. The van der Waals surface area contributed by atoms with Crippen LogP contribution in [0.1, 0.15) is 11.1 Å². The molecule has 5 nitrogen and oxygen atoms in total. The van der Waals surface area contributed by atoms with E-state index in [9.17, 15) is 19.6 Å². The summed E-state index contributed by atoms with van der Waals surface area (Å²) in [4.78, 5) is 12.6. The van der Waals surface area contributed by atoms with E-state index in [1.165, 1.54) is 36.0 Å². The van der Waals surface area contributed by atoms with Crippen LogP contribution in [0.4, 0.5) is 15.8 Å². The molecular formula is C20H17FN2O3S. The van der Waals surface area contributed by atoms with Crippen LogP contribution in [0, 0.1) is 22.9 Å². The summed E-state index contributed by atoms with van der Waals surface area (Å²) in [5.41, 5.74) is 2.35. The fourth-order valence-corrected chi connectivity index (χ4v) is 3.39. The number of benzene rings is 3. The number of aryl methyl sites for hydroxylation is 1. The number of non-ortho nitro benzene ring substituents is 1. The molecule has 0 amide bonds. The van der Waals surface area contributed by atoms with Crippen LogP contribution in [0.5, 0.6) is 5.75 Å². The molecule has 0 spiro atoms. The summed E-state index contributed by atoms with van der Waals surface area (Å²) in [7, 11) is 0. The summed E-state index contributed by atoms with van der Waals surface area (Å²) in [5, 5.41) is 23.4. The van der Waals surface area contributed by atoms with E-state index >= 15 is 0 Å². The van der Waals surface area contributed by atoms with Crippen LogP contribution in [-0.2, 0) is 6.54 Å². The molecule has 7 heteroatoms. The van der Waals surface area contributed by atoms with Gasteiger partial charge in [-0.25, -0.2) is 4.39 Å². The topological polar surface area (TPSA) is 75.4 Å². The normalized spacial score (nSPS) is 10.6. The van der Waals surface area contributed by atoms with Crippen molar-refractivity contribution in [3.63, 3.8) is 0 Å². The van der Waals surface area contributed by atoms with Crippen LogP contribution < -0.4 is 5.32 Å². The van der Waals surface area contributed by atoms with Crippen molar-refractivity contribution in [3.8, 4) is 5.75 Å². The highest BCUT2D eigenvalue weighted by Crippen LogP contribution is 2.33. The highest BCUT2D eigenvalue weighted by molar-refractivity contribution is 7.99. The summed E-state index contributed by atoms with van der Waals surface area (Å²) in [5.74, 6) is -1.15. The highest BCUT2D eigenvalue weighted by atomic mass is 32.2. The first-order valence-corrected chi connectivity index (χ1v) is 8.98. The lowest BCUT2D eigenvalue weighted by Crippen LogP contribution is -2.02. The third kappa shape index (κ3) is 4.77. The van der Waals surface area contributed by atoms with Gasteiger partial charge in [-0.05, 0) is 42.8 Å². The van der Waals surface area contributed by atoms with Gasteiger partial charge in [-0.3, -0.25) is 10.1 Å². The SMILES string of the molecule is Cc1ccc(Sc2ccc([N+](=O)[O-])cc2CNc2ccc(O)c(F)c2)cc1. The molecule has 138 valence electrons. The van der Waals surface area contributed by atoms with Gasteiger partial charge >= 0.3 is 0 Å². The van der Waals surface area contributed by atoms with Gasteiger partial charge in [0.15, 0.2) is 11.6 Å². The smallest absolute Gasteiger partial charge is 0.269 e. The van der Waals surface area contributed by atoms with E-state index in [0.29, 0.717) is 5.69 Å². The van der Waals surface area contributed by atoms with E-state index in [1.54, 1.807) is 12.1 Å². The fourth-order valence-electron chi connectivity index (χ4n) is 2.46. The number of phenolic OH excluding ortho intramolecular Hbond substituents is 1. The first-order chi connectivity index (χ1) is 12.9. The molecule has 0 atom stereocenters. The number of nitro groups is 1. The number of nitrogens with one attached hydrogen (secondary N) is 1. The third-order valence-electron chi connectivity index (χ3n) is 3.93. The van der Waals surface area contributed by atoms with Gasteiger partial charge in [-0.15, -0.1) is 0 Å². The second kappa shape index (κ2) is 8.09. The molecule has 0 saturated heterocycles. The van der Waals surface area contributed by atoms with Crippen molar-refractivity contribution < 1.29 is 14.4 Å². The molecule has 0 fully saturated rings. The van der Waals surface area contributed by atoms with Gasteiger partial charge in [0.2, 0.25) is 0 Å². The number of nitro benzene ring substituents is 1. The molecule has 0 radical (unpaired) electrons. The van der Waals surface area contributed by atoms with Gasteiger partial charge in [0.1, 0.15) is 0 Å². The average molecular weight is 384 g/mol. The van der Waals surface area contributed by atoms with Gasteiger partial charge in [0.25, 0.3) is 5.69 Å². The van der Waals surface area contributed by atoms with E-state index in [4.69, 9.17) is 0 Å². The zero-order chi connectivity index (χ0) is 19.4. The van der Waals surface area contributed by atoms with Gasteiger partial charge in [-0.1, -0.05) is 29.5 Å². The Morgan fingerprint density at radius 3 is 2.52 bits per heavy atom. The van der Waals surface area contributed by atoms with E-state index in [1.807, 2.05) is 31.2 Å². The maximum atomic E-state index is 13.5. The maximum absolute atomic E-state index is 13.5. The number of nitrogens with zero attached hydrogens (tertiary/aromatic N) is 1. The summed E-state index contributed by atoms with van der Waals surface area (Å²) < 4.78 is 13.5. The Morgan fingerprint density at radius 1 is 1.11 bits per heavy atom. The largest absolute Gasteiger partial charge is 0.505 e. The van der Waals surface area contributed by atoms with Gasteiger partial charge < -0.3 is 10.4 Å². The van der Waals surface area contributed by atoms with Crippen molar-refractivity contribution in [1.82, 2.24) is 0 Å². The Kier molecular flexibility index (Phi) is 5.61.